The van der Waals surface area contributed by atoms with Crippen molar-refractivity contribution in [1.82, 2.24) is 0 Å². The minimum Gasteiger partial charge on any atom is -0.399 e. The molecule has 0 saturated heterocycles. The van der Waals surface area contributed by atoms with E-state index in [-0.39, 0.29) is 0 Å². The van der Waals surface area contributed by atoms with Gasteiger partial charge in [-0.2, -0.15) is 0 Å². The van der Waals surface area contributed by atoms with Gasteiger partial charge in [-0.15, -0.1) is 0 Å². The van der Waals surface area contributed by atoms with Crippen LogP contribution in [0.1, 0.15) is 18.4 Å². The number of nitrogens with zero attached hydrogens (tertiary/aromatic N) is 1. The van der Waals surface area contributed by atoms with Crippen LogP contribution in [-0.4, -0.2) is 0 Å². The van der Waals surface area contributed by atoms with Gasteiger partial charge in [-0.25, -0.2) is 0 Å². The number of allylic oxidation sites excluding steroid dienone is 4. The first-order valence-corrected chi connectivity index (χ1v) is 11.5. The lowest BCUT2D eigenvalue weighted by Gasteiger charge is -2.29. The first-order valence-electron chi connectivity index (χ1n) is 11.5. The quantitative estimate of drug-likeness (QED) is 0.324. The predicted octanol–water partition coefficient (Wildman–Crippen LogP) is 8.28. The van der Waals surface area contributed by atoms with Gasteiger partial charge in [0.1, 0.15) is 0 Å². The molecular formula is C31H28N2. The van der Waals surface area contributed by atoms with Crippen molar-refractivity contribution in [2.24, 2.45) is 0 Å². The standard InChI is InChI=1S/C31H28N2/c1-23-7-9-24(10-8-23)26-13-19-30(20-14-26)33(29-5-3-2-4-6-29)31-21-15-27(16-22-31)25-11-17-28(32)18-12-25/h2-3,5,7-22H,4,6,32H2,1H3. The lowest BCUT2D eigenvalue weighted by atomic mass is 10.0. The fraction of sp³-hybridized carbons (Fsp3) is 0.0968. The molecule has 0 saturated carbocycles. The highest BCUT2D eigenvalue weighted by Crippen LogP contribution is 2.35. The van der Waals surface area contributed by atoms with Crippen molar-refractivity contribution in [3.63, 3.8) is 0 Å². The molecule has 33 heavy (non-hydrogen) atoms. The third kappa shape index (κ3) is 4.61. The van der Waals surface area contributed by atoms with Crippen molar-refractivity contribution < 1.29 is 0 Å². The number of hydrogen-bond donors (Lipinski definition) is 1. The summed E-state index contributed by atoms with van der Waals surface area (Å²) < 4.78 is 0. The largest absolute Gasteiger partial charge is 0.399 e. The van der Waals surface area contributed by atoms with E-state index in [1.165, 1.54) is 44.9 Å². The Bertz CT molecular complexity index is 1190. The fourth-order valence-corrected chi connectivity index (χ4v) is 4.28. The molecular weight excluding hydrogens is 400 g/mol. The molecule has 0 aromatic heterocycles. The molecule has 162 valence electrons. The molecule has 0 atom stereocenters. The molecule has 2 N–H and O–H groups in total. The first kappa shape index (κ1) is 20.8. The number of benzene rings is 4. The summed E-state index contributed by atoms with van der Waals surface area (Å²) in [6, 6.07) is 34.4. The van der Waals surface area contributed by atoms with Crippen LogP contribution in [0.4, 0.5) is 17.1 Å². The van der Waals surface area contributed by atoms with E-state index in [0.717, 1.165) is 18.5 Å². The number of anilines is 3. The van der Waals surface area contributed by atoms with Crippen LogP contribution in [0, 0.1) is 6.92 Å². The van der Waals surface area contributed by atoms with Gasteiger partial charge in [-0.1, -0.05) is 78.4 Å². The second-order valence-electron chi connectivity index (χ2n) is 8.54. The number of nitrogens with two attached hydrogens (primary N) is 1. The molecule has 1 aliphatic carbocycles. The van der Waals surface area contributed by atoms with E-state index in [0.29, 0.717) is 0 Å². The van der Waals surface area contributed by atoms with E-state index >= 15 is 0 Å². The Labute approximate surface area is 196 Å². The van der Waals surface area contributed by atoms with Crippen LogP contribution in [0.3, 0.4) is 0 Å². The van der Waals surface area contributed by atoms with Crippen LogP contribution in [0.2, 0.25) is 0 Å². The SMILES string of the molecule is Cc1ccc(-c2ccc(N(C3=CC=CCC3)c3ccc(-c4ccc(N)cc4)cc3)cc2)cc1. The Morgan fingerprint density at radius 2 is 1.06 bits per heavy atom. The van der Waals surface area contributed by atoms with Gasteiger partial charge in [0.15, 0.2) is 0 Å². The second kappa shape index (κ2) is 9.22. The summed E-state index contributed by atoms with van der Waals surface area (Å²) in [7, 11) is 0. The Hall–Kier alpha value is -4.04. The summed E-state index contributed by atoms with van der Waals surface area (Å²) in [5, 5.41) is 0. The van der Waals surface area contributed by atoms with Crippen LogP contribution >= 0.6 is 0 Å². The molecule has 4 aromatic rings. The Morgan fingerprint density at radius 3 is 1.52 bits per heavy atom. The van der Waals surface area contributed by atoms with Gasteiger partial charge in [0.05, 0.1) is 0 Å². The van der Waals surface area contributed by atoms with Gasteiger partial charge in [0.25, 0.3) is 0 Å². The summed E-state index contributed by atoms with van der Waals surface area (Å²) in [4.78, 5) is 2.37. The summed E-state index contributed by atoms with van der Waals surface area (Å²) in [6.07, 6.45) is 8.70. The number of rotatable bonds is 5. The molecule has 0 heterocycles. The third-order valence-electron chi connectivity index (χ3n) is 6.16. The van der Waals surface area contributed by atoms with Gasteiger partial charge in [0.2, 0.25) is 0 Å². The zero-order chi connectivity index (χ0) is 22.6. The summed E-state index contributed by atoms with van der Waals surface area (Å²) in [6.45, 7) is 2.12. The van der Waals surface area contributed by atoms with Crippen molar-refractivity contribution in [2.75, 3.05) is 10.6 Å². The highest BCUT2D eigenvalue weighted by molar-refractivity contribution is 5.75. The van der Waals surface area contributed by atoms with Crippen molar-refractivity contribution in [3.8, 4) is 22.3 Å². The van der Waals surface area contributed by atoms with Crippen molar-refractivity contribution in [3.05, 3.63) is 127 Å². The summed E-state index contributed by atoms with van der Waals surface area (Å²) >= 11 is 0. The maximum absolute atomic E-state index is 5.85. The van der Waals surface area contributed by atoms with E-state index in [1.807, 2.05) is 12.1 Å². The topological polar surface area (TPSA) is 29.3 Å². The molecule has 1 aliphatic rings. The highest BCUT2D eigenvalue weighted by Gasteiger charge is 2.16. The van der Waals surface area contributed by atoms with Gasteiger partial charge >= 0.3 is 0 Å². The molecule has 0 amide bonds. The molecule has 2 heteroatoms. The predicted molar refractivity (Wildman–Crippen MR) is 142 cm³/mol. The van der Waals surface area contributed by atoms with E-state index in [9.17, 15) is 0 Å². The maximum atomic E-state index is 5.85. The Kier molecular flexibility index (Phi) is 5.82. The van der Waals surface area contributed by atoms with Gasteiger partial charge in [-0.05, 0) is 84.5 Å². The van der Waals surface area contributed by atoms with E-state index in [1.54, 1.807) is 0 Å². The number of aryl methyl sites for hydroxylation is 1. The zero-order valence-corrected chi connectivity index (χ0v) is 18.9. The minimum absolute atomic E-state index is 0.785. The van der Waals surface area contributed by atoms with Gasteiger partial charge in [0, 0.05) is 22.8 Å². The van der Waals surface area contributed by atoms with Crippen LogP contribution in [0.15, 0.2) is 121 Å². The minimum atomic E-state index is 0.785. The van der Waals surface area contributed by atoms with Gasteiger partial charge < -0.3 is 10.6 Å². The molecule has 0 fully saturated rings. The highest BCUT2D eigenvalue weighted by atomic mass is 15.1. The van der Waals surface area contributed by atoms with Crippen molar-refractivity contribution in [1.29, 1.82) is 0 Å². The normalized spacial score (nSPS) is 12.9. The van der Waals surface area contributed by atoms with Gasteiger partial charge in [-0.3, -0.25) is 0 Å². The number of hydrogen-bond acceptors (Lipinski definition) is 2. The third-order valence-corrected chi connectivity index (χ3v) is 6.16. The van der Waals surface area contributed by atoms with Crippen LogP contribution in [0.5, 0.6) is 0 Å². The van der Waals surface area contributed by atoms with E-state index in [2.05, 4.69) is 115 Å². The molecule has 0 radical (unpaired) electrons. The smallest absolute Gasteiger partial charge is 0.0458 e. The average Bonchev–Trinajstić information content (AvgIpc) is 2.87. The summed E-state index contributed by atoms with van der Waals surface area (Å²) in [5.41, 5.74) is 16.4. The van der Waals surface area contributed by atoms with Crippen molar-refractivity contribution in [2.45, 2.75) is 19.8 Å². The molecule has 0 bridgehead atoms. The zero-order valence-electron chi connectivity index (χ0n) is 18.9. The molecule has 0 unspecified atom stereocenters. The summed E-state index contributed by atoms with van der Waals surface area (Å²) in [5.74, 6) is 0. The molecule has 0 spiro atoms. The maximum Gasteiger partial charge on any atom is 0.0458 e. The van der Waals surface area contributed by atoms with E-state index in [4.69, 9.17) is 5.73 Å². The molecule has 5 rings (SSSR count). The first-order chi connectivity index (χ1) is 16.2. The Morgan fingerprint density at radius 1 is 0.606 bits per heavy atom. The average molecular weight is 429 g/mol. The fourth-order valence-electron chi connectivity index (χ4n) is 4.28. The van der Waals surface area contributed by atoms with Crippen LogP contribution in [0.25, 0.3) is 22.3 Å². The number of nitrogen functional groups attached to an aromatic ring is 1. The van der Waals surface area contributed by atoms with Crippen LogP contribution in [-0.2, 0) is 0 Å². The van der Waals surface area contributed by atoms with Crippen LogP contribution < -0.4 is 10.6 Å². The second-order valence-corrected chi connectivity index (χ2v) is 8.54. The monoisotopic (exact) mass is 428 g/mol. The van der Waals surface area contributed by atoms with Crippen molar-refractivity contribution >= 4 is 17.1 Å². The molecule has 2 nitrogen and oxygen atoms in total. The lowest BCUT2D eigenvalue weighted by molar-refractivity contribution is 0.918. The molecule has 0 aliphatic heterocycles. The lowest BCUT2D eigenvalue weighted by Crippen LogP contribution is -2.17. The molecule has 4 aromatic carbocycles. The Balaban J connectivity index is 1.49. The van der Waals surface area contributed by atoms with E-state index < -0.39 is 0 Å².